The van der Waals surface area contributed by atoms with Crippen molar-refractivity contribution in [3.05, 3.63) is 48.5 Å². The maximum Gasteiger partial charge on any atom is 0.119 e. The van der Waals surface area contributed by atoms with Gasteiger partial charge in [-0.1, -0.05) is 38.1 Å². The van der Waals surface area contributed by atoms with Crippen LogP contribution >= 0.6 is 0 Å². The van der Waals surface area contributed by atoms with Crippen LogP contribution in [-0.4, -0.2) is 35.6 Å². The van der Waals surface area contributed by atoms with Crippen molar-refractivity contribution in [1.29, 1.82) is 0 Å². The van der Waals surface area contributed by atoms with Crippen LogP contribution in [0.1, 0.15) is 26.7 Å². The molecule has 0 aliphatic rings. The van der Waals surface area contributed by atoms with Gasteiger partial charge in [0.2, 0.25) is 0 Å². The Labute approximate surface area is 143 Å². The molecule has 130 valence electrons. The molecular weight excluding hydrogens is 304 g/mol. The quantitative estimate of drug-likeness (QED) is 0.737. The van der Waals surface area contributed by atoms with E-state index in [-0.39, 0.29) is 0 Å². The summed E-state index contributed by atoms with van der Waals surface area (Å²) in [4.78, 5) is 0. The molecule has 2 aromatic rings. The molecule has 0 aliphatic heterocycles. The first-order valence-electron chi connectivity index (χ1n) is 8.44. The van der Waals surface area contributed by atoms with E-state index in [0.29, 0.717) is 26.1 Å². The molecule has 0 spiro atoms. The molecule has 0 fully saturated rings. The third-order valence-electron chi connectivity index (χ3n) is 3.87. The molecule has 4 heteroatoms. The molecule has 2 unspecified atom stereocenters. The van der Waals surface area contributed by atoms with Gasteiger partial charge >= 0.3 is 0 Å². The molecule has 0 bridgehead atoms. The van der Waals surface area contributed by atoms with Crippen LogP contribution in [0, 0.1) is 0 Å². The molecule has 2 atom stereocenters. The zero-order chi connectivity index (χ0) is 17.4. The highest BCUT2D eigenvalue weighted by molar-refractivity contribution is 5.64. The van der Waals surface area contributed by atoms with Crippen LogP contribution in [0.25, 0.3) is 11.1 Å². The number of benzene rings is 2. The molecule has 2 N–H and O–H groups in total. The average Bonchev–Trinajstić information content (AvgIpc) is 2.65. The van der Waals surface area contributed by atoms with E-state index in [1.54, 1.807) is 0 Å². The van der Waals surface area contributed by atoms with Gasteiger partial charge in [0.15, 0.2) is 0 Å². The van der Waals surface area contributed by atoms with E-state index in [1.165, 1.54) is 0 Å². The molecule has 0 saturated heterocycles. The van der Waals surface area contributed by atoms with E-state index in [2.05, 4.69) is 0 Å². The third-order valence-corrected chi connectivity index (χ3v) is 3.87. The highest BCUT2D eigenvalue weighted by Crippen LogP contribution is 2.25. The van der Waals surface area contributed by atoms with E-state index < -0.39 is 12.2 Å². The normalized spacial score (nSPS) is 13.3. The Bertz CT molecular complexity index is 537. The Morgan fingerprint density at radius 3 is 1.29 bits per heavy atom. The van der Waals surface area contributed by atoms with Crippen LogP contribution in [0.2, 0.25) is 0 Å². The molecule has 0 aromatic heterocycles. The number of rotatable bonds is 9. The predicted molar refractivity (Wildman–Crippen MR) is 95.5 cm³/mol. The van der Waals surface area contributed by atoms with Gasteiger partial charge in [0.1, 0.15) is 24.7 Å². The summed E-state index contributed by atoms with van der Waals surface area (Å²) in [5.41, 5.74) is 2.16. The van der Waals surface area contributed by atoms with Crippen molar-refractivity contribution in [3.8, 4) is 22.6 Å². The van der Waals surface area contributed by atoms with Gasteiger partial charge in [0, 0.05) is 0 Å². The van der Waals surface area contributed by atoms with Crippen molar-refractivity contribution in [2.24, 2.45) is 0 Å². The van der Waals surface area contributed by atoms with Gasteiger partial charge in [0.25, 0.3) is 0 Å². The van der Waals surface area contributed by atoms with Gasteiger partial charge in [-0.3, -0.25) is 0 Å². The lowest BCUT2D eigenvalue weighted by Gasteiger charge is -2.12. The summed E-state index contributed by atoms with van der Waals surface area (Å²) in [6.07, 6.45) is 0.510. The third kappa shape index (κ3) is 5.55. The van der Waals surface area contributed by atoms with E-state index in [9.17, 15) is 10.2 Å². The molecule has 24 heavy (non-hydrogen) atoms. The van der Waals surface area contributed by atoms with E-state index in [0.717, 1.165) is 22.6 Å². The summed E-state index contributed by atoms with van der Waals surface area (Å²) >= 11 is 0. The fourth-order valence-corrected chi connectivity index (χ4v) is 2.11. The van der Waals surface area contributed by atoms with Crippen molar-refractivity contribution in [2.75, 3.05) is 13.2 Å². The summed E-state index contributed by atoms with van der Waals surface area (Å²) in [6.45, 7) is 4.47. The van der Waals surface area contributed by atoms with Crippen molar-refractivity contribution in [3.63, 3.8) is 0 Å². The second-order valence-electron chi connectivity index (χ2n) is 5.79. The topological polar surface area (TPSA) is 58.9 Å². The standard InChI is InChI=1S/C20H26O4/c1-3-17(21)13-23-19-9-5-15(6-10-19)16-7-11-20(12-8-16)24-14-18(22)4-2/h5-12,17-18,21-22H,3-4,13-14H2,1-2H3. The molecular formula is C20H26O4. The molecule has 0 heterocycles. The Balaban J connectivity index is 1.93. The lowest BCUT2D eigenvalue weighted by Crippen LogP contribution is -2.15. The first kappa shape index (κ1) is 18.3. The lowest BCUT2D eigenvalue weighted by atomic mass is 10.1. The highest BCUT2D eigenvalue weighted by atomic mass is 16.5. The van der Waals surface area contributed by atoms with Crippen molar-refractivity contribution in [2.45, 2.75) is 38.9 Å². The zero-order valence-corrected chi connectivity index (χ0v) is 14.3. The lowest BCUT2D eigenvalue weighted by molar-refractivity contribution is 0.104. The summed E-state index contributed by atoms with van der Waals surface area (Å²) in [5, 5.41) is 19.0. The number of ether oxygens (including phenoxy) is 2. The van der Waals surface area contributed by atoms with Crippen molar-refractivity contribution >= 4 is 0 Å². The van der Waals surface area contributed by atoms with Crippen LogP contribution < -0.4 is 9.47 Å². The fourth-order valence-electron chi connectivity index (χ4n) is 2.11. The average molecular weight is 330 g/mol. The maximum absolute atomic E-state index is 9.52. The minimum Gasteiger partial charge on any atom is -0.491 e. The molecule has 4 nitrogen and oxygen atoms in total. The van der Waals surface area contributed by atoms with Crippen LogP contribution in [0.5, 0.6) is 11.5 Å². The largest absolute Gasteiger partial charge is 0.491 e. The fraction of sp³-hybridized carbons (Fsp3) is 0.400. The van der Waals surface area contributed by atoms with Gasteiger partial charge in [-0.2, -0.15) is 0 Å². The predicted octanol–water partition coefficient (Wildman–Crippen LogP) is 3.65. The molecule has 0 aliphatic carbocycles. The Kier molecular flexibility index (Phi) is 7.09. The van der Waals surface area contributed by atoms with Crippen LogP contribution in [0.3, 0.4) is 0 Å². The Hall–Kier alpha value is -2.04. The second-order valence-corrected chi connectivity index (χ2v) is 5.79. The van der Waals surface area contributed by atoms with E-state index in [4.69, 9.17) is 9.47 Å². The number of hydrogen-bond donors (Lipinski definition) is 2. The Morgan fingerprint density at radius 1 is 0.667 bits per heavy atom. The smallest absolute Gasteiger partial charge is 0.119 e. The summed E-state index contributed by atoms with van der Waals surface area (Å²) in [6, 6.07) is 15.6. The van der Waals surface area contributed by atoms with Crippen LogP contribution in [-0.2, 0) is 0 Å². The first-order valence-corrected chi connectivity index (χ1v) is 8.44. The minimum atomic E-state index is -0.427. The van der Waals surface area contributed by atoms with Crippen molar-refractivity contribution < 1.29 is 19.7 Å². The molecule has 0 radical (unpaired) electrons. The summed E-state index contributed by atoms with van der Waals surface area (Å²) < 4.78 is 11.1. The highest BCUT2D eigenvalue weighted by Gasteiger charge is 2.04. The molecule has 0 amide bonds. The number of aliphatic hydroxyl groups is 2. The minimum absolute atomic E-state index is 0.311. The molecule has 2 rings (SSSR count). The van der Waals surface area contributed by atoms with Gasteiger partial charge in [-0.25, -0.2) is 0 Å². The number of aliphatic hydroxyl groups excluding tert-OH is 2. The summed E-state index contributed by atoms with van der Waals surface area (Å²) in [7, 11) is 0. The molecule has 2 aromatic carbocycles. The zero-order valence-electron chi connectivity index (χ0n) is 14.3. The van der Waals surface area contributed by atoms with Crippen LogP contribution in [0.15, 0.2) is 48.5 Å². The van der Waals surface area contributed by atoms with Gasteiger partial charge in [-0.05, 0) is 48.2 Å². The SMILES string of the molecule is CCC(O)COc1ccc(-c2ccc(OCC(O)CC)cc2)cc1. The summed E-state index contributed by atoms with van der Waals surface area (Å²) in [5.74, 6) is 1.50. The molecule has 0 saturated carbocycles. The van der Waals surface area contributed by atoms with Crippen LogP contribution in [0.4, 0.5) is 0 Å². The van der Waals surface area contributed by atoms with Crippen molar-refractivity contribution in [1.82, 2.24) is 0 Å². The van der Waals surface area contributed by atoms with E-state index in [1.807, 2.05) is 62.4 Å². The van der Waals surface area contributed by atoms with Gasteiger partial charge in [0.05, 0.1) is 12.2 Å². The monoisotopic (exact) mass is 330 g/mol. The second kappa shape index (κ2) is 9.30. The van der Waals surface area contributed by atoms with Gasteiger partial charge < -0.3 is 19.7 Å². The maximum atomic E-state index is 9.52. The number of hydrogen-bond acceptors (Lipinski definition) is 4. The Morgan fingerprint density at radius 2 is 1.00 bits per heavy atom. The first-order chi connectivity index (χ1) is 11.6. The van der Waals surface area contributed by atoms with E-state index >= 15 is 0 Å². The van der Waals surface area contributed by atoms with Gasteiger partial charge in [-0.15, -0.1) is 0 Å².